The average Bonchev–Trinajstić information content (AvgIpc) is 2.71. The molecular formula is C22H28N2O4. The lowest BCUT2D eigenvalue weighted by Crippen LogP contribution is -2.37. The Kier molecular flexibility index (Phi) is 8.34. The molecule has 6 heteroatoms. The third-order valence-electron chi connectivity index (χ3n) is 4.41. The van der Waals surface area contributed by atoms with E-state index in [1.54, 1.807) is 14.2 Å². The van der Waals surface area contributed by atoms with Gasteiger partial charge in [0.25, 0.3) is 0 Å². The van der Waals surface area contributed by atoms with Crippen LogP contribution < -0.4 is 20.1 Å². The molecule has 0 unspecified atom stereocenters. The van der Waals surface area contributed by atoms with Gasteiger partial charge in [-0.25, -0.2) is 0 Å². The number of carbonyl (C=O) groups is 2. The van der Waals surface area contributed by atoms with Gasteiger partial charge in [-0.05, 0) is 49.1 Å². The van der Waals surface area contributed by atoms with Gasteiger partial charge in [0, 0.05) is 13.0 Å². The molecule has 0 aromatic heterocycles. The van der Waals surface area contributed by atoms with Crippen LogP contribution in [0.4, 0.5) is 0 Å². The normalized spacial score (nSPS) is 10.2. The van der Waals surface area contributed by atoms with Crippen molar-refractivity contribution in [3.05, 3.63) is 59.2 Å². The summed E-state index contributed by atoms with van der Waals surface area (Å²) in [4.78, 5) is 23.9. The molecule has 0 fully saturated rings. The summed E-state index contributed by atoms with van der Waals surface area (Å²) in [5.74, 6) is 1.14. The first-order chi connectivity index (χ1) is 13.5. The molecule has 2 rings (SSSR count). The molecule has 0 radical (unpaired) electrons. The van der Waals surface area contributed by atoms with Crippen LogP contribution in [0.1, 0.15) is 23.1 Å². The van der Waals surface area contributed by atoms with E-state index < -0.39 is 0 Å². The number of carbonyl (C=O) groups excluding carboxylic acids is 2. The highest BCUT2D eigenvalue weighted by Gasteiger charge is 2.08. The van der Waals surface area contributed by atoms with Crippen LogP contribution in [0.15, 0.2) is 42.5 Å². The molecule has 0 aliphatic heterocycles. The lowest BCUT2D eigenvalue weighted by Gasteiger charge is -2.11. The standard InChI is InChI=1S/C22H28N2O4/c1-16-4-6-17(7-5-16)8-11-21(25)24-15-22(26)23-13-12-18-14-19(27-2)9-10-20(18)28-3/h4-7,9-10,14H,8,11-13,15H2,1-3H3,(H,23,26)(H,24,25). The molecule has 0 aliphatic rings. The molecule has 0 atom stereocenters. The van der Waals surface area contributed by atoms with Crippen LogP contribution >= 0.6 is 0 Å². The lowest BCUT2D eigenvalue weighted by atomic mass is 10.1. The maximum Gasteiger partial charge on any atom is 0.239 e. The third-order valence-corrected chi connectivity index (χ3v) is 4.41. The van der Waals surface area contributed by atoms with Gasteiger partial charge in [-0.3, -0.25) is 9.59 Å². The van der Waals surface area contributed by atoms with Crippen LogP contribution in [-0.4, -0.2) is 39.1 Å². The molecule has 28 heavy (non-hydrogen) atoms. The number of amides is 2. The first kappa shape index (κ1) is 21.3. The number of hydrogen-bond acceptors (Lipinski definition) is 4. The average molecular weight is 384 g/mol. The molecule has 0 bridgehead atoms. The second kappa shape index (κ2) is 11.0. The van der Waals surface area contributed by atoms with Crippen molar-refractivity contribution in [2.24, 2.45) is 0 Å². The van der Waals surface area contributed by atoms with Crippen LogP contribution in [0, 0.1) is 6.92 Å². The zero-order valence-electron chi connectivity index (χ0n) is 16.7. The zero-order valence-corrected chi connectivity index (χ0v) is 16.7. The maximum atomic E-state index is 11.9. The van der Waals surface area contributed by atoms with E-state index in [-0.39, 0.29) is 18.4 Å². The fraction of sp³-hybridized carbons (Fsp3) is 0.364. The molecule has 0 saturated heterocycles. The Labute approximate surface area is 166 Å². The first-order valence-electron chi connectivity index (χ1n) is 9.31. The van der Waals surface area contributed by atoms with Crippen LogP contribution in [0.2, 0.25) is 0 Å². The van der Waals surface area contributed by atoms with E-state index in [0.717, 1.165) is 22.6 Å². The minimum absolute atomic E-state index is 0.0258. The van der Waals surface area contributed by atoms with Gasteiger partial charge in [-0.15, -0.1) is 0 Å². The van der Waals surface area contributed by atoms with Crippen molar-refractivity contribution in [1.82, 2.24) is 10.6 Å². The Morgan fingerprint density at radius 3 is 2.32 bits per heavy atom. The number of ether oxygens (including phenoxy) is 2. The van der Waals surface area contributed by atoms with Crippen molar-refractivity contribution in [1.29, 1.82) is 0 Å². The summed E-state index contributed by atoms with van der Waals surface area (Å²) in [6, 6.07) is 13.6. The first-order valence-corrected chi connectivity index (χ1v) is 9.31. The highest BCUT2D eigenvalue weighted by molar-refractivity contribution is 5.84. The van der Waals surface area contributed by atoms with E-state index in [1.807, 2.05) is 49.4 Å². The van der Waals surface area contributed by atoms with Crippen LogP contribution in [-0.2, 0) is 22.4 Å². The van der Waals surface area contributed by atoms with Crippen LogP contribution in [0.25, 0.3) is 0 Å². The largest absolute Gasteiger partial charge is 0.497 e. The van der Waals surface area contributed by atoms with Gasteiger partial charge in [0.15, 0.2) is 0 Å². The Morgan fingerprint density at radius 2 is 1.64 bits per heavy atom. The van der Waals surface area contributed by atoms with Crippen molar-refractivity contribution in [3.63, 3.8) is 0 Å². The molecule has 0 spiro atoms. The highest BCUT2D eigenvalue weighted by atomic mass is 16.5. The van der Waals surface area contributed by atoms with Crippen LogP contribution in [0.5, 0.6) is 11.5 Å². The van der Waals surface area contributed by atoms with E-state index in [4.69, 9.17) is 9.47 Å². The molecule has 2 aromatic rings. The number of methoxy groups -OCH3 is 2. The smallest absolute Gasteiger partial charge is 0.239 e. The second-order valence-corrected chi connectivity index (χ2v) is 6.54. The predicted octanol–water partition coefficient (Wildman–Crippen LogP) is 2.42. The zero-order chi connectivity index (χ0) is 20.4. The molecule has 0 aliphatic carbocycles. The minimum atomic E-state index is -0.217. The Morgan fingerprint density at radius 1 is 0.893 bits per heavy atom. The van der Waals surface area contributed by atoms with E-state index in [9.17, 15) is 9.59 Å². The van der Waals surface area contributed by atoms with E-state index in [2.05, 4.69) is 10.6 Å². The molecule has 2 N–H and O–H groups in total. The Bertz CT molecular complexity index is 788. The van der Waals surface area contributed by atoms with Gasteiger partial charge in [-0.2, -0.15) is 0 Å². The van der Waals surface area contributed by atoms with Gasteiger partial charge in [0.1, 0.15) is 11.5 Å². The summed E-state index contributed by atoms with van der Waals surface area (Å²) in [5.41, 5.74) is 3.25. The van der Waals surface area contributed by atoms with Crippen molar-refractivity contribution in [2.45, 2.75) is 26.2 Å². The molecule has 150 valence electrons. The molecule has 0 heterocycles. The summed E-state index contributed by atoms with van der Waals surface area (Å²) < 4.78 is 10.5. The molecule has 0 saturated carbocycles. The summed E-state index contributed by atoms with van der Waals surface area (Å²) in [7, 11) is 3.21. The van der Waals surface area contributed by atoms with E-state index in [1.165, 1.54) is 5.56 Å². The van der Waals surface area contributed by atoms with Crippen LogP contribution in [0.3, 0.4) is 0 Å². The monoisotopic (exact) mass is 384 g/mol. The van der Waals surface area contributed by atoms with E-state index >= 15 is 0 Å². The Balaban J connectivity index is 1.68. The Hall–Kier alpha value is -3.02. The summed E-state index contributed by atoms with van der Waals surface area (Å²) in [6.45, 7) is 2.45. The predicted molar refractivity (Wildman–Crippen MR) is 109 cm³/mol. The number of nitrogens with one attached hydrogen (secondary N) is 2. The van der Waals surface area contributed by atoms with Gasteiger partial charge in [0.2, 0.25) is 11.8 Å². The van der Waals surface area contributed by atoms with Gasteiger partial charge < -0.3 is 20.1 Å². The number of aryl methyl sites for hydroxylation is 2. The number of hydrogen-bond donors (Lipinski definition) is 2. The lowest BCUT2D eigenvalue weighted by molar-refractivity contribution is -0.126. The van der Waals surface area contributed by atoms with Crippen molar-refractivity contribution < 1.29 is 19.1 Å². The topological polar surface area (TPSA) is 76.7 Å². The fourth-order valence-electron chi connectivity index (χ4n) is 2.76. The SMILES string of the molecule is COc1ccc(OC)c(CCNC(=O)CNC(=O)CCc2ccc(C)cc2)c1. The second-order valence-electron chi connectivity index (χ2n) is 6.54. The number of rotatable bonds is 10. The molecule has 2 amide bonds. The minimum Gasteiger partial charge on any atom is -0.497 e. The van der Waals surface area contributed by atoms with E-state index in [0.29, 0.717) is 25.8 Å². The molecule has 2 aromatic carbocycles. The molecule has 6 nitrogen and oxygen atoms in total. The summed E-state index contributed by atoms with van der Waals surface area (Å²) in [6.07, 6.45) is 1.62. The van der Waals surface area contributed by atoms with Gasteiger partial charge in [0.05, 0.1) is 20.8 Å². The van der Waals surface area contributed by atoms with Gasteiger partial charge in [-0.1, -0.05) is 29.8 Å². The number of benzene rings is 2. The van der Waals surface area contributed by atoms with Crippen molar-refractivity contribution in [2.75, 3.05) is 27.3 Å². The highest BCUT2D eigenvalue weighted by Crippen LogP contribution is 2.24. The quantitative estimate of drug-likeness (QED) is 0.660. The summed E-state index contributed by atoms with van der Waals surface area (Å²) in [5, 5.41) is 5.46. The summed E-state index contributed by atoms with van der Waals surface area (Å²) >= 11 is 0. The molecular weight excluding hydrogens is 356 g/mol. The van der Waals surface area contributed by atoms with Crippen molar-refractivity contribution in [3.8, 4) is 11.5 Å². The van der Waals surface area contributed by atoms with Gasteiger partial charge >= 0.3 is 0 Å². The maximum absolute atomic E-state index is 11.9. The third kappa shape index (κ3) is 6.95. The van der Waals surface area contributed by atoms with Crippen molar-refractivity contribution >= 4 is 11.8 Å². The fourth-order valence-corrected chi connectivity index (χ4v) is 2.76.